The van der Waals surface area contributed by atoms with Crippen LogP contribution in [0.4, 0.5) is 0 Å². The number of thioether (sulfide) groups is 1. The molecule has 1 fully saturated rings. The molecule has 1 heterocycles. The maximum Gasteiger partial charge on any atom is 0.308 e. The van der Waals surface area contributed by atoms with E-state index in [1.807, 2.05) is 13.2 Å². The summed E-state index contributed by atoms with van der Waals surface area (Å²) in [5.74, 6) is -0.490. The van der Waals surface area contributed by atoms with E-state index < -0.39 is 11.9 Å². The van der Waals surface area contributed by atoms with Gasteiger partial charge in [-0.1, -0.05) is 6.92 Å². The Hall–Kier alpha value is -0.710. The molecule has 2 unspecified atom stereocenters. The first-order valence-corrected chi connectivity index (χ1v) is 6.50. The lowest BCUT2D eigenvalue weighted by Crippen LogP contribution is -2.38. The molecule has 0 aliphatic carbocycles. The van der Waals surface area contributed by atoms with Gasteiger partial charge >= 0.3 is 5.97 Å². The van der Waals surface area contributed by atoms with Gasteiger partial charge in [0, 0.05) is 24.8 Å². The number of hydrogen-bond acceptors (Lipinski definition) is 3. The lowest BCUT2D eigenvalue weighted by atomic mass is 10.1. The molecule has 0 radical (unpaired) electrons. The molecule has 5 heteroatoms. The summed E-state index contributed by atoms with van der Waals surface area (Å²) in [7, 11) is 0. The Kier molecular flexibility index (Phi) is 4.45. The van der Waals surface area contributed by atoms with Gasteiger partial charge < -0.3 is 10.0 Å². The minimum Gasteiger partial charge on any atom is -0.481 e. The first-order chi connectivity index (χ1) is 7.10. The van der Waals surface area contributed by atoms with Crippen molar-refractivity contribution in [1.82, 2.24) is 4.90 Å². The molecule has 1 aliphatic heterocycles. The number of nitrogens with zero attached hydrogens (tertiary/aromatic N) is 1. The summed E-state index contributed by atoms with van der Waals surface area (Å²) >= 11 is 1.69. The summed E-state index contributed by atoms with van der Waals surface area (Å²) in [6.07, 6.45) is 3.05. The van der Waals surface area contributed by atoms with Crippen molar-refractivity contribution in [3.63, 3.8) is 0 Å². The fourth-order valence-corrected chi connectivity index (χ4v) is 2.67. The number of aliphatic carboxylic acids is 1. The Balaban J connectivity index is 2.62. The third kappa shape index (κ3) is 2.87. The van der Waals surface area contributed by atoms with Crippen LogP contribution in [-0.4, -0.2) is 46.5 Å². The SMILES string of the molecule is CCC(CSC)N1CC(C(=O)O)CC1=O. The quantitative estimate of drug-likeness (QED) is 0.768. The number of hydrogen-bond donors (Lipinski definition) is 1. The normalized spacial score (nSPS) is 23.2. The van der Waals surface area contributed by atoms with Crippen LogP contribution in [0, 0.1) is 5.92 Å². The number of carboxylic acid groups (broad SMARTS) is 1. The highest BCUT2D eigenvalue weighted by atomic mass is 32.2. The summed E-state index contributed by atoms with van der Waals surface area (Å²) in [5, 5.41) is 8.85. The minimum atomic E-state index is -0.857. The van der Waals surface area contributed by atoms with Crippen molar-refractivity contribution in [2.45, 2.75) is 25.8 Å². The molecule has 0 aromatic rings. The summed E-state index contributed by atoms with van der Waals surface area (Å²) in [6, 6.07) is 0.192. The van der Waals surface area contributed by atoms with Gasteiger partial charge in [0.1, 0.15) is 0 Å². The zero-order valence-electron chi connectivity index (χ0n) is 9.10. The molecule has 0 saturated carbocycles. The average Bonchev–Trinajstić information content (AvgIpc) is 2.57. The van der Waals surface area contributed by atoms with E-state index in [1.165, 1.54) is 0 Å². The first-order valence-electron chi connectivity index (χ1n) is 5.11. The monoisotopic (exact) mass is 231 g/mol. The predicted molar refractivity (Wildman–Crippen MR) is 59.9 cm³/mol. The Morgan fingerprint density at radius 3 is 2.80 bits per heavy atom. The fraction of sp³-hybridized carbons (Fsp3) is 0.800. The van der Waals surface area contributed by atoms with Crippen LogP contribution in [0.15, 0.2) is 0 Å². The molecule has 86 valence electrons. The molecule has 1 saturated heterocycles. The van der Waals surface area contributed by atoms with E-state index >= 15 is 0 Å². The molecule has 0 aromatic carbocycles. The molecular formula is C10H17NO3S. The van der Waals surface area contributed by atoms with Crippen molar-refractivity contribution < 1.29 is 14.7 Å². The van der Waals surface area contributed by atoms with Crippen LogP contribution in [0.5, 0.6) is 0 Å². The highest BCUT2D eigenvalue weighted by Gasteiger charge is 2.36. The van der Waals surface area contributed by atoms with Gasteiger partial charge in [-0.3, -0.25) is 9.59 Å². The van der Waals surface area contributed by atoms with E-state index in [-0.39, 0.29) is 18.4 Å². The van der Waals surface area contributed by atoms with Crippen LogP contribution in [0.1, 0.15) is 19.8 Å². The maximum absolute atomic E-state index is 11.6. The summed E-state index contributed by atoms with van der Waals surface area (Å²) < 4.78 is 0. The lowest BCUT2D eigenvalue weighted by molar-refractivity contribution is -0.141. The molecule has 15 heavy (non-hydrogen) atoms. The maximum atomic E-state index is 11.6. The van der Waals surface area contributed by atoms with E-state index in [0.717, 1.165) is 12.2 Å². The third-order valence-electron chi connectivity index (χ3n) is 2.78. The van der Waals surface area contributed by atoms with Gasteiger partial charge in [0.25, 0.3) is 0 Å². The molecule has 1 amide bonds. The van der Waals surface area contributed by atoms with Crippen LogP contribution < -0.4 is 0 Å². The van der Waals surface area contributed by atoms with Gasteiger partial charge in [-0.25, -0.2) is 0 Å². The zero-order chi connectivity index (χ0) is 11.4. The first kappa shape index (κ1) is 12.4. The predicted octanol–water partition coefficient (Wildman–Crippen LogP) is 1.06. The molecular weight excluding hydrogens is 214 g/mol. The molecule has 4 nitrogen and oxygen atoms in total. The van der Waals surface area contributed by atoms with Gasteiger partial charge in [0.2, 0.25) is 5.91 Å². The number of amides is 1. The van der Waals surface area contributed by atoms with Gasteiger partial charge in [-0.15, -0.1) is 0 Å². The average molecular weight is 231 g/mol. The number of carboxylic acids is 1. The topological polar surface area (TPSA) is 57.6 Å². The Bertz CT molecular complexity index is 257. The number of carbonyl (C=O) groups excluding carboxylic acids is 1. The third-order valence-corrected chi connectivity index (χ3v) is 3.50. The van der Waals surface area contributed by atoms with Crippen molar-refractivity contribution in [3.05, 3.63) is 0 Å². The Labute approximate surface area is 94.0 Å². The van der Waals surface area contributed by atoms with Crippen LogP contribution in [0.3, 0.4) is 0 Å². The zero-order valence-corrected chi connectivity index (χ0v) is 9.92. The molecule has 1 N–H and O–H groups in total. The van der Waals surface area contributed by atoms with Crippen molar-refractivity contribution >= 4 is 23.6 Å². The van der Waals surface area contributed by atoms with Gasteiger partial charge in [0.15, 0.2) is 0 Å². The molecule has 0 bridgehead atoms. The van der Waals surface area contributed by atoms with E-state index in [2.05, 4.69) is 0 Å². The summed E-state index contributed by atoms with van der Waals surface area (Å²) in [4.78, 5) is 24.1. The largest absolute Gasteiger partial charge is 0.481 e. The van der Waals surface area contributed by atoms with Crippen molar-refractivity contribution in [3.8, 4) is 0 Å². The van der Waals surface area contributed by atoms with Crippen LogP contribution in [-0.2, 0) is 9.59 Å². The fourth-order valence-electron chi connectivity index (χ4n) is 1.87. The molecule has 0 spiro atoms. The molecule has 2 atom stereocenters. The lowest BCUT2D eigenvalue weighted by Gasteiger charge is -2.26. The van der Waals surface area contributed by atoms with Crippen LogP contribution >= 0.6 is 11.8 Å². The van der Waals surface area contributed by atoms with Gasteiger partial charge in [-0.2, -0.15) is 11.8 Å². The Morgan fingerprint density at radius 2 is 2.40 bits per heavy atom. The van der Waals surface area contributed by atoms with E-state index in [1.54, 1.807) is 16.7 Å². The second-order valence-corrected chi connectivity index (χ2v) is 4.71. The van der Waals surface area contributed by atoms with E-state index in [9.17, 15) is 9.59 Å². The van der Waals surface area contributed by atoms with E-state index in [4.69, 9.17) is 5.11 Å². The van der Waals surface area contributed by atoms with Crippen molar-refractivity contribution in [2.24, 2.45) is 5.92 Å². The molecule has 0 aromatic heterocycles. The number of carbonyl (C=O) groups is 2. The van der Waals surface area contributed by atoms with Crippen molar-refractivity contribution in [2.75, 3.05) is 18.6 Å². The highest BCUT2D eigenvalue weighted by Crippen LogP contribution is 2.23. The smallest absolute Gasteiger partial charge is 0.308 e. The van der Waals surface area contributed by atoms with E-state index in [0.29, 0.717) is 6.54 Å². The minimum absolute atomic E-state index is 0.0108. The molecule has 1 aliphatic rings. The number of rotatable bonds is 5. The standard InChI is InChI=1S/C10H17NO3S/c1-3-8(6-15-2)11-5-7(10(13)14)4-9(11)12/h7-8H,3-6H2,1-2H3,(H,13,14). The van der Waals surface area contributed by atoms with Gasteiger partial charge in [-0.05, 0) is 12.7 Å². The van der Waals surface area contributed by atoms with Crippen LogP contribution in [0.2, 0.25) is 0 Å². The highest BCUT2D eigenvalue weighted by molar-refractivity contribution is 7.98. The number of likely N-dealkylation sites (tertiary alicyclic amines) is 1. The Morgan fingerprint density at radius 1 is 1.73 bits per heavy atom. The second-order valence-electron chi connectivity index (χ2n) is 3.80. The van der Waals surface area contributed by atoms with Gasteiger partial charge in [0.05, 0.1) is 5.92 Å². The summed E-state index contributed by atoms with van der Waals surface area (Å²) in [6.45, 7) is 2.41. The van der Waals surface area contributed by atoms with Crippen molar-refractivity contribution in [1.29, 1.82) is 0 Å². The van der Waals surface area contributed by atoms with Crippen LogP contribution in [0.25, 0.3) is 0 Å². The molecule has 1 rings (SSSR count). The summed E-state index contributed by atoms with van der Waals surface area (Å²) in [5.41, 5.74) is 0. The second kappa shape index (κ2) is 5.39.